The molecule has 1 unspecified atom stereocenters. The molecule has 0 bridgehead atoms. The minimum absolute atomic E-state index is 0.205. The van der Waals surface area contributed by atoms with E-state index < -0.39 is 17.9 Å². The molecule has 0 aromatic carbocycles. The maximum Gasteiger partial charge on any atom is 0.333 e. The lowest BCUT2D eigenvalue weighted by atomic mass is 9.68. The van der Waals surface area contributed by atoms with Gasteiger partial charge in [-0.2, -0.15) is 0 Å². The van der Waals surface area contributed by atoms with Gasteiger partial charge in [-0.3, -0.25) is 0 Å². The van der Waals surface area contributed by atoms with E-state index in [9.17, 15) is 19.8 Å². The zero-order chi connectivity index (χ0) is 17.4. The van der Waals surface area contributed by atoms with E-state index in [1.165, 1.54) is 6.42 Å². The molecule has 1 heterocycles. The Morgan fingerprint density at radius 1 is 1.13 bits per heavy atom. The Morgan fingerprint density at radius 2 is 1.65 bits per heavy atom. The van der Waals surface area contributed by atoms with Crippen LogP contribution in [0.15, 0.2) is 22.5 Å². The second kappa shape index (κ2) is 6.38. The second-order valence-corrected chi connectivity index (χ2v) is 7.73. The number of carbonyl (C=O) groups is 2. The molecule has 1 saturated carbocycles. The minimum Gasteiger partial charge on any atom is -0.478 e. The Morgan fingerprint density at radius 3 is 2.09 bits per heavy atom. The zero-order valence-electron chi connectivity index (χ0n) is 14.4. The SMILES string of the molecule is CC1=C(C(=O)O)C(CC2CCCC(C)(C)C2)C(C(=O)O)=C(C)N1. The topological polar surface area (TPSA) is 86.6 Å². The van der Waals surface area contributed by atoms with Crippen molar-refractivity contribution in [2.24, 2.45) is 17.3 Å². The lowest BCUT2D eigenvalue weighted by Gasteiger charge is -2.38. The third-order valence-electron chi connectivity index (χ3n) is 5.22. The molecule has 0 aromatic heterocycles. The first-order valence-corrected chi connectivity index (χ1v) is 8.27. The maximum atomic E-state index is 11.7. The zero-order valence-corrected chi connectivity index (χ0v) is 14.4. The molecule has 2 rings (SSSR count). The molecular formula is C18H27NO4. The molecular weight excluding hydrogens is 294 g/mol. The fourth-order valence-corrected chi connectivity index (χ4v) is 4.33. The highest BCUT2D eigenvalue weighted by Crippen LogP contribution is 2.44. The molecule has 0 spiro atoms. The van der Waals surface area contributed by atoms with Crippen molar-refractivity contribution in [1.82, 2.24) is 5.32 Å². The number of aliphatic carboxylic acids is 2. The summed E-state index contributed by atoms with van der Waals surface area (Å²) in [5, 5.41) is 22.1. The van der Waals surface area contributed by atoms with E-state index in [0.717, 1.165) is 19.3 Å². The summed E-state index contributed by atoms with van der Waals surface area (Å²) >= 11 is 0. The van der Waals surface area contributed by atoms with E-state index in [4.69, 9.17) is 0 Å². The molecule has 0 amide bonds. The summed E-state index contributed by atoms with van der Waals surface area (Å²) in [6.45, 7) is 7.90. The average Bonchev–Trinajstić information content (AvgIpc) is 2.35. The van der Waals surface area contributed by atoms with Gasteiger partial charge in [0, 0.05) is 17.3 Å². The van der Waals surface area contributed by atoms with Crippen molar-refractivity contribution in [2.75, 3.05) is 0 Å². The predicted octanol–water partition coefficient (Wildman–Crippen LogP) is 3.53. The average molecular weight is 321 g/mol. The summed E-state index contributed by atoms with van der Waals surface area (Å²) in [6.07, 6.45) is 4.97. The Hall–Kier alpha value is -1.78. The molecule has 23 heavy (non-hydrogen) atoms. The quantitative estimate of drug-likeness (QED) is 0.737. The van der Waals surface area contributed by atoms with Crippen LogP contribution in [0.3, 0.4) is 0 Å². The van der Waals surface area contributed by atoms with Crippen LogP contribution in [0, 0.1) is 17.3 Å². The molecule has 1 fully saturated rings. The minimum atomic E-state index is -1.03. The molecule has 5 heteroatoms. The van der Waals surface area contributed by atoms with Crippen LogP contribution in [-0.4, -0.2) is 22.2 Å². The summed E-state index contributed by atoms with van der Waals surface area (Å²) in [7, 11) is 0. The van der Waals surface area contributed by atoms with Crippen LogP contribution in [0.4, 0.5) is 0 Å². The second-order valence-electron chi connectivity index (χ2n) is 7.73. The number of rotatable bonds is 4. The van der Waals surface area contributed by atoms with E-state index in [2.05, 4.69) is 19.2 Å². The van der Waals surface area contributed by atoms with Gasteiger partial charge in [0.05, 0.1) is 11.1 Å². The van der Waals surface area contributed by atoms with Gasteiger partial charge in [0.15, 0.2) is 0 Å². The molecule has 1 atom stereocenters. The summed E-state index contributed by atoms with van der Waals surface area (Å²) in [4.78, 5) is 23.4. The lowest BCUT2D eigenvalue weighted by Crippen LogP contribution is -2.34. The van der Waals surface area contributed by atoms with Crippen LogP contribution in [0.2, 0.25) is 0 Å². The van der Waals surface area contributed by atoms with Crippen LogP contribution in [0.5, 0.6) is 0 Å². The van der Waals surface area contributed by atoms with E-state index in [1.54, 1.807) is 13.8 Å². The molecule has 1 aliphatic heterocycles. The Bertz CT molecular complexity index is 550. The highest BCUT2D eigenvalue weighted by Gasteiger charge is 2.38. The molecule has 3 N–H and O–H groups in total. The normalized spacial score (nSPS) is 25.3. The third kappa shape index (κ3) is 3.77. The Labute approximate surface area is 137 Å². The predicted molar refractivity (Wildman–Crippen MR) is 87.7 cm³/mol. The number of carboxylic acid groups (broad SMARTS) is 2. The Balaban J connectivity index is 2.34. The maximum absolute atomic E-state index is 11.7. The van der Waals surface area contributed by atoms with E-state index in [0.29, 0.717) is 23.7 Å². The van der Waals surface area contributed by atoms with Gasteiger partial charge in [0.25, 0.3) is 0 Å². The molecule has 128 valence electrons. The van der Waals surface area contributed by atoms with Crippen molar-refractivity contribution in [3.63, 3.8) is 0 Å². The molecule has 5 nitrogen and oxygen atoms in total. The standard InChI is InChI=1S/C18H27NO4/c1-10-14(16(20)21)13(15(17(22)23)11(2)19-10)8-12-6-5-7-18(3,4)9-12/h12-13,19H,5-9H2,1-4H3,(H,20,21)(H,22,23). The molecule has 2 aliphatic rings. The number of carboxylic acids is 2. The molecule has 1 aliphatic carbocycles. The molecule has 0 aromatic rings. The largest absolute Gasteiger partial charge is 0.478 e. The van der Waals surface area contributed by atoms with Gasteiger partial charge in [-0.15, -0.1) is 0 Å². The highest BCUT2D eigenvalue weighted by atomic mass is 16.4. The van der Waals surface area contributed by atoms with Gasteiger partial charge >= 0.3 is 11.9 Å². The first kappa shape index (κ1) is 17.6. The fraction of sp³-hybridized carbons (Fsp3) is 0.667. The van der Waals surface area contributed by atoms with Crippen molar-refractivity contribution in [2.45, 2.75) is 59.8 Å². The van der Waals surface area contributed by atoms with Crippen LogP contribution >= 0.6 is 0 Å². The first-order chi connectivity index (χ1) is 10.6. The van der Waals surface area contributed by atoms with Gasteiger partial charge in [0.1, 0.15) is 0 Å². The van der Waals surface area contributed by atoms with Crippen molar-refractivity contribution in [1.29, 1.82) is 0 Å². The monoisotopic (exact) mass is 321 g/mol. The van der Waals surface area contributed by atoms with Gasteiger partial charge < -0.3 is 15.5 Å². The number of hydrogen-bond acceptors (Lipinski definition) is 3. The van der Waals surface area contributed by atoms with Gasteiger partial charge in [-0.05, 0) is 44.4 Å². The lowest BCUT2D eigenvalue weighted by molar-refractivity contribution is -0.134. The third-order valence-corrected chi connectivity index (χ3v) is 5.22. The van der Waals surface area contributed by atoms with Crippen LogP contribution in [-0.2, 0) is 9.59 Å². The highest BCUT2D eigenvalue weighted by molar-refractivity contribution is 5.96. The number of allylic oxidation sites excluding steroid dienone is 2. The summed E-state index contributed by atoms with van der Waals surface area (Å²) < 4.78 is 0. The smallest absolute Gasteiger partial charge is 0.333 e. The van der Waals surface area contributed by atoms with Gasteiger partial charge in [-0.1, -0.05) is 26.7 Å². The van der Waals surface area contributed by atoms with Crippen molar-refractivity contribution >= 4 is 11.9 Å². The van der Waals surface area contributed by atoms with Crippen molar-refractivity contribution in [3.8, 4) is 0 Å². The van der Waals surface area contributed by atoms with Crippen LogP contribution in [0.1, 0.15) is 59.8 Å². The Kier molecular flexibility index (Phi) is 4.87. The molecule has 0 saturated heterocycles. The van der Waals surface area contributed by atoms with E-state index in [-0.39, 0.29) is 16.6 Å². The van der Waals surface area contributed by atoms with Crippen LogP contribution in [0.25, 0.3) is 0 Å². The van der Waals surface area contributed by atoms with Crippen LogP contribution < -0.4 is 5.32 Å². The summed E-state index contributed by atoms with van der Waals surface area (Å²) in [5.74, 6) is -2.22. The number of dihydropyridines is 1. The first-order valence-electron chi connectivity index (χ1n) is 8.27. The van der Waals surface area contributed by atoms with Crippen molar-refractivity contribution < 1.29 is 19.8 Å². The van der Waals surface area contributed by atoms with Crippen molar-refractivity contribution in [3.05, 3.63) is 22.5 Å². The fourth-order valence-electron chi connectivity index (χ4n) is 4.33. The molecule has 0 radical (unpaired) electrons. The van der Waals surface area contributed by atoms with Gasteiger partial charge in [0.2, 0.25) is 0 Å². The van der Waals surface area contributed by atoms with Gasteiger partial charge in [-0.25, -0.2) is 9.59 Å². The summed E-state index contributed by atoms with van der Waals surface area (Å²) in [5.41, 5.74) is 1.77. The number of hydrogen-bond donors (Lipinski definition) is 3. The van der Waals surface area contributed by atoms with E-state index in [1.807, 2.05) is 0 Å². The number of nitrogens with one attached hydrogen (secondary N) is 1. The van der Waals surface area contributed by atoms with E-state index >= 15 is 0 Å². The summed E-state index contributed by atoms with van der Waals surface area (Å²) in [6, 6.07) is 0.